The highest BCUT2D eigenvalue weighted by Gasteiger charge is 2.60. The Morgan fingerprint density at radius 1 is 1.25 bits per heavy atom. The first kappa shape index (κ1) is 31.4. The van der Waals surface area contributed by atoms with Crippen molar-refractivity contribution in [2.24, 2.45) is 11.3 Å². The summed E-state index contributed by atoms with van der Waals surface area (Å²) >= 11 is 0. The van der Waals surface area contributed by atoms with Gasteiger partial charge >= 0.3 is 6.18 Å². The van der Waals surface area contributed by atoms with Gasteiger partial charge in [0.1, 0.15) is 0 Å². The summed E-state index contributed by atoms with van der Waals surface area (Å²) in [4.78, 5) is 20.1. The molecule has 1 aromatic heterocycles. The average molecular weight is 638 g/mol. The highest BCUT2D eigenvalue weighted by Crippen LogP contribution is 2.51. The molecular weight excluding hydrogens is 599 g/mol. The minimum Gasteiger partial charge on any atom is -0.379 e. The molecule has 1 aliphatic carbocycles. The van der Waals surface area contributed by atoms with Gasteiger partial charge in [0, 0.05) is 76.8 Å². The first-order valence-electron chi connectivity index (χ1n) is 15.0. The summed E-state index contributed by atoms with van der Waals surface area (Å²) in [5.41, 5.74) is -0.128. The summed E-state index contributed by atoms with van der Waals surface area (Å²) in [5.74, 6) is -0.478. The Labute approximate surface area is 255 Å². The van der Waals surface area contributed by atoms with E-state index in [0.717, 1.165) is 24.2 Å². The van der Waals surface area contributed by atoms with E-state index in [1.165, 1.54) is 4.31 Å². The predicted octanol–water partition coefficient (Wildman–Crippen LogP) is 2.49. The number of benzene rings is 1. The molecule has 240 valence electrons. The van der Waals surface area contributed by atoms with Crippen molar-refractivity contribution in [2.45, 2.75) is 63.1 Å². The molecule has 1 amide bonds. The van der Waals surface area contributed by atoms with Gasteiger partial charge in [-0.05, 0) is 42.4 Å². The van der Waals surface area contributed by atoms with Gasteiger partial charge in [0.15, 0.2) is 0 Å². The summed E-state index contributed by atoms with van der Waals surface area (Å²) < 4.78 is 82.5. The first-order valence-corrected chi connectivity index (χ1v) is 16.4. The quantitative estimate of drug-likeness (QED) is 0.458. The van der Waals surface area contributed by atoms with Crippen LogP contribution >= 0.6 is 0 Å². The number of halogens is 3. The fourth-order valence-corrected chi connectivity index (χ4v) is 8.64. The van der Waals surface area contributed by atoms with Gasteiger partial charge in [-0.25, -0.2) is 0 Å². The lowest BCUT2D eigenvalue weighted by Gasteiger charge is -2.37. The Hall–Kier alpha value is -2.62. The minimum absolute atomic E-state index is 0.00235. The molecule has 2 aromatic rings. The Kier molecular flexibility index (Phi) is 8.76. The molecule has 3 fully saturated rings. The highest BCUT2D eigenvalue weighted by atomic mass is 32.2. The number of methoxy groups -OCH3 is 1. The van der Waals surface area contributed by atoms with Gasteiger partial charge in [-0.3, -0.25) is 9.78 Å². The van der Waals surface area contributed by atoms with Crippen LogP contribution in [-0.4, -0.2) is 86.7 Å². The van der Waals surface area contributed by atoms with Gasteiger partial charge in [-0.1, -0.05) is 30.3 Å². The van der Waals surface area contributed by atoms with Crippen LogP contribution in [0.25, 0.3) is 0 Å². The van der Waals surface area contributed by atoms with E-state index in [1.54, 1.807) is 12.0 Å². The smallest absolute Gasteiger partial charge is 0.379 e. The molecule has 14 heteroatoms. The molecule has 4 aliphatic rings. The van der Waals surface area contributed by atoms with Crippen molar-refractivity contribution in [1.29, 1.82) is 0 Å². The van der Waals surface area contributed by atoms with Crippen LogP contribution in [0.2, 0.25) is 0 Å². The Morgan fingerprint density at radius 3 is 2.80 bits per heavy atom. The maximum Gasteiger partial charge on any atom is 0.417 e. The standard InChI is InChI=1S/C30H38F3N5O5S/c1-42-27-18-43-10-8-26(27)36-24-12-23-17-38(44(40,41)35-14-20-5-3-2-4-6-20)19-29(23,13-24)28(39)37-9-7-25-21(16-37)11-22(15-34-25)30(31,32)33/h2-6,11,15,23-24,26-27,35-36H,7-10,12-14,16-19H2,1H3/t23-,24+,26-,27+,29-/m0/s1. The normalized spacial score (nSPS) is 29.4. The van der Waals surface area contributed by atoms with E-state index in [0.29, 0.717) is 50.3 Å². The number of carbonyl (C=O) groups is 1. The molecular formula is C30H38F3N5O5S. The molecule has 10 nitrogen and oxygen atoms in total. The van der Waals surface area contributed by atoms with Crippen molar-refractivity contribution < 1.29 is 35.9 Å². The van der Waals surface area contributed by atoms with Crippen molar-refractivity contribution in [3.63, 3.8) is 0 Å². The first-order chi connectivity index (χ1) is 21.0. The monoisotopic (exact) mass is 637 g/mol. The van der Waals surface area contributed by atoms with Gasteiger partial charge < -0.3 is 19.7 Å². The van der Waals surface area contributed by atoms with Gasteiger partial charge in [0.25, 0.3) is 10.2 Å². The third-order valence-corrected chi connectivity index (χ3v) is 11.1. The number of nitrogens with one attached hydrogen (secondary N) is 2. The number of nitrogens with zero attached hydrogens (tertiary/aromatic N) is 3. The summed E-state index contributed by atoms with van der Waals surface area (Å²) in [6.45, 7) is 1.68. The van der Waals surface area contributed by atoms with Gasteiger partial charge in [-0.2, -0.15) is 30.6 Å². The lowest BCUT2D eigenvalue weighted by molar-refractivity contribution is -0.143. The number of alkyl halides is 3. The third-order valence-electron chi connectivity index (χ3n) is 9.62. The van der Waals surface area contributed by atoms with Crippen LogP contribution in [0, 0.1) is 11.3 Å². The number of carbonyl (C=O) groups excluding carboxylic acids is 1. The number of rotatable bonds is 8. The molecule has 0 unspecified atom stereocenters. The summed E-state index contributed by atoms with van der Waals surface area (Å²) in [5, 5.41) is 3.68. The number of hydrogen-bond acceptors (Lipinski definition) is 7. The molecule has 1 saturated carbocycles. The third kappa shape index (κ3) is 6.24. The second-order valence-electron chi connectivity index (χ2n) is 12.3. The van der Waals surface area contributed by atoms with Crippen molar-refractivity contribution in [3.8, 4) is 0 Å². The molecule has 0 spiro atoms. The van der Waals surface area contributed by atoms with E-state index in [4.69, 9.17) is 9.47 Å². The number of amides is 1. The summed E-state index contributed by atoms with van der Waals surface area (Å²) in [6, 6.07) is 10.2. The van der Waals surface area contributed by atoms with Crippen LogP contribution in [0.4, 0.5) is 13.2 Å². The molecule has 1 aromatic carbocycles. The zero-order chi connectivity index (χ0) is 31.1. The number of aromatic nitrogens is 1. The highest BCUT2D eigenvalue weighted by molar-refractivity contribution is 7.87. The molecule has 44 heavy (non-hydrogen) atoms. The van der Waals surface area contributed by atoms with Crippen molar-refractivity contribution in [2.75, 3.05) is 40.0 Å². The van der Waals surface area contributed by atoms with Gasteiger partial charge in [0.05, 0.1) is 23.7 Å². The number of ether oxygens (including phenoxy) is 2. The van der Waals surface area contributed by atoms with Gasteiger partial charge in [-0.15, -0.1) is 0 Å². The topological polar surface area (TPSA) is 113 Å². The molecule has 2 N–H and O–H groups in total. The van der Waals surface area contributed by atoms with Crippen LogP contribution in [0.1, 0.15) is 41.6 Å². The maximum atomic E-state index is 14.5. The number of pyridine rings is 1. The van der Waals surface area contributed by atoms with Crippen LogP contribution in [0.5, 0.6) is 0 Å². The fourth-order valence-electron chi connectivity index (χ4n) is 7.34. The lowest BCUT2D eigenvalue weighted by Crippen LogP contribution is -2.52. The summed E-state index contributed by atoms with van der Waals surface area (Å²) in [7, 11) is -2.27. The maximum absolute atomic E-state index is 14.5. The fraction of sp³-hybridized carbons (Fsp3) is 0.600. The molecule has 5 atom stereocenters. The minimum atomic E-state index is -4.54. The molecule has 6 rings (SSSR count). The van der Waals surface area contributed by atoms with Crippen LogP contribution < -0.4 is 10.0 Å². The van der Waals surface area contributed by atoms with E-state index < -0.39 is 27.4 Å². The van der Waals surface area contributed by atoms with E-state index >= 15 is 0 Å². The summed E-state index contributed by atoms with van der Waals surface area (Å²) in [6.07, 6.45) is -1.75. The molecule has 2 saturated heterocycles. The van der Waals surface area contributed by atoms with E-state index in [-0.39, 0.29) is 56.2 Å². The number of hydrogen-bond donors (Lipinski definition) is 2. The predicted molar refractivity (Wildman–Crippen MR) is 154 cm³/mol. The van der Waals surface area contributed by atoms with E-state index in [1.807, 2.05) is 30.3 Å². The number of fused-ring (bicyclic) bond motifs is 2. The molecule has 3 aliphatic heterocycles. The van der Waals surface area contributed by atoms with Crippen molar-refractivity contribution >= 4 is 16.1 Å². The molecule has 0 bridgehead atoms. The van der Waals surface area contributed by atoms with Gasteiger partial charge in [0.2, 0.25) is 5.91 Å². The largest absolute Gasteiger partial charge is 0.417 e. The van der Waals surface area contributed by atoms with Crippen molar-refractivity contribution in [1.82, 2.24) is 24.2 Å². The van der Waals surface area contributed by atoms with E-state index in [2.05, 4.69) is 15.0 Å². The SMILES string of the molecule is CO[C@@H]1COCC[C@@H]1N[C@@H]1C[C@H]2CN(S(=O)(=O)NCc3ccccc3)C[C@@]2(C(=O)N2CCc3ncc(C(F)(F)F)cc3C2)C1. The van der Waals surface area contributed by atoms with Crippen LogP contribution in [-0.2, 0) is 50.2 Å². The molecule has 0 radical (unpaired) electrons. The van der Waals surface area contributed by atoms with Crippen LogP contribution in [0.15, 0.2) is 42.6 Å². The zero-order valence-electron chi connectivity index (χ0n) is 24.6. The lowest BCUT2D eigenvalue weighted by atomic mass is 9.78. The second-order valence-corrected chi connectivity index (χ2v) is 14.1. The van der Waals surface area contributed by atoms with Crippen LogP contribution in [0.3, 0.4) is 0 Å². The zero-order valence-corrected chi connectivity index (χ0v) is 25.4. The Morgan fingerprint density at radius 2 is 2.05 bits per heavy atom. The molecule has 4 heterocycles. The van der Waals surface area contributed by atoms with Crippen molar-refractivity contribution in [3.05, 3.63) is 65.0 Å². The second kappa shape index (κ2) is 12.3. The van der Waals surface area contributed by atoms with E-state index in [9.17, 15) is 26.4 Å². The Balaban J connectivity index is 1.24. The average Bonchev–Trinajstić information content (AvgIpc) is 3.55. The Bertz CT molecular complexity index is 1460.